The minimum atomic E-state index is -0.636. The maximum atomic E-state index is 13.0. The molecule has 4 N–H and O–H groups in total. The zero-order valence-electron chi connectivity index (χ0n) is 20.5. The molecule has 0 saturated carbocycles. The second-order valence-corrected chi connectivity index (χ2v) is 11.7. The van der Waals surface area contributed by atoms with Gasteiger partial charge in [0.25, 0.3) is 0 Å². The van der Waals surface area contributed by atoms with Crippen molar-refractivity contribution in [2.45, 2.75) is 18.9 Å². The summed E-state index contributed by atoms with van der Waals surface area (Å²) in [6.45, 7) is 1.80. The molecule has 1 saturated heterocycles. The van der Waals surface area contributed by atoms with Crippen molar-refractivity contribution in [3.63, 3.8) is 0 Å². The van der Waals surface area contributed by atoms with Crippen LogP contribution in [0.1, 0.15) is 23.3 Å². The van der Waals surface area contributed by atoms with Crippen LogP contribution in [0.4, 0.5) is 11.4 Å². The molecule has 0 aliphatic carbocycles. The van der Waals surface area contributed by atoms with E-state index in [0.717, 1.165) is 29.5 Å². The second kappa shape index (κ2) is 14.3. The van der Waals surface area contributed by atoms with Gasteiger partial charge in [-0.1, -0.05) is 29.3 Å². The quantitative estimate of drug-likeness (QED) is 0.217. The first-order chi connectivity index (χ1) is 18.5. The van der Waals surface area contributed by atoms with Crippen molar-refractivity contribution in [3.8, 4) is 0 Å². The summed E-state index contributed by atoms with van der Waals surface area (Å²) in [7, 11) is 0. The Labute approximate surface area is 242 Å². The number of anilines is 2. The number of piperidine rings is 1. The molecule has 0 spiro atoms. The van der Waals surface area contributed by atoms with Crippen LogP contribution in [-0.2, 0) is 4.79 Å². The summed E-state index contributed by atoms with van der Waals surface area (Å²) in [6, 6.07) is 23.0. The number of aromatic amines is 1. The summed E-state index contributed by atoms with van der Waals surface area (Å²) in [5, 5.41) is 13.8. The molecule has 2 heterocycles. The topological polar surface area (TPSA) is 102 Å². The SMILES string of the molecule is O=C(CN1CCC(NC(=O)c2[nH]ncc2Nc2c(Cl)cccc2Cl)CC1)N[I-]c1ccccccccc1. The van der Waals surface area contributed by atoms with Crippen LogP contribution in [-0.4, -0.2) is 52.6 Å². The molecule has 8 nitrogen and oxygen atoms in total. The monoisotopic (exact) mass is 665 g/mol. The Morgan fingerprint density at radius 3 is 2.24 bits per heavy atom. The van der Waals surface area contributed by atoms with Crippen LogP contribution in [0.2, 0.25) is 10.0 Å². The molecule has 2 aromatic carbocycles. The summed E-state index contributed by atoms with van der Waals surface area (Å²) in [5.41, 5.74) is 1.30. The van der Waals surface area contributed by atoms with Crippen molar-refractivity contribution in [2.75, 3.05) is 25.0 Å². The number of nitrogens with zero attached hydrogens (tertiary/aromatic N) is 2. The van der Waals surface area contributed by atoms with Crippen LogP contribution in [0.25, 0.3) is 0 Å². The third-order valence-corrected chi connectivity index (χ3v) is 8.66. The van der Waals surface area contributed by atoms with Gasteiger partial charge in [0.1, 0.15) is 0 Å². The van der Waals surface area contributed by atoms with Gasteiger partial charge in [-0.05, 0) is 12.1 Å². The van der Waals surface area contributed by atoms with Gasteiger partial charge in [-0.15, -0.1) is 0 Å². The van der Waals surface area contributed by atoms with Gasteiger partial charge in [0, 0.05) is 0 Å². The number of carbonyl (C=O) groups excluding carboxylic acids is 2. The molecular weight excluding hydrogens is 638 g/mol. The Hall–Kier alpha value is -2.86. The van der Waals surface area contributed by atoms with Crippen molar-refractivity contribution in [1.29, 1.82) is 0 Å². The molecule has 38 heavy (non-hydrogen) atoms. The number of amides is 2. The second-order valence-electron chi connectivity index (χ2n) is 8.58. The predicted molar refractivity (Wildman–Crippen MR) is 146 cm³/mol. The van der Waals surface area contributed by atoms with Crippen LogP contribution >= 0.6 is 23.2 Å². The van der Waals surface area contributed by atoms with Gasteiger partial charge in [0.05, 0.1) is 15.7 Å². The Morgan fingerprint density at radius 1 is 0.947 bits per heavy atom. The first-order valence-electron chi connectivity index (χ1n) is 12.1. The van der Waals surface area contributed by atoms with Crippen LogP contribution < -0.4 is 35.6 Å². The number of hydrogen-bond donors (Lipinski definition) is 4. The third kappa shape index (κ3) is 8.32. The molecule has 1 aliphatic heterocycles. The number of para-hydroxylation sites is 1. The molecule has 0 radical (unpaired) electrons. The number of halogens is 3. The minimum absolute atomic E-state index is 0.00131. The number of likely N-dealkylation sites (tertiary alicyclic amines) is 1. The summed E-state index contributed by atoms with van der Waals surface area (Å²) >= 11 is 11.9. The molecule has 3 aromatic rings. The average Bonchev–Trinajstić information content (AvgIpc) is 3.38. The van der Waals surface area contributed by atoms with Gasteiger partial charge in [-0.2, -0.15) is 0 Å². The average molecular weight is 666 g/mol. The molecule has 200 valence electrons. The molecule has 1 fully saturated rings. The van der Waals surface area contributed by atoms with Crippen LogP contribution in [0.5, 0.6) is 0 Å². The summed E-state index contributed by atoms with van der Waals surface area (Å²) in [6.07, 6.45) is 3.02. The number of carbonyl (C=O) groups is 2. The molecule has 0 atom stereocenters. The normalized spacial score (nSPS) is 13.9. The number of benzene rings is 1. The van der Waals surface area contributed by atoms with E-state index in [4.69, 9.17) is 23.2 Å². The van der Waals surface area contributed by atoms with E-state index in [9.17, 15) is 9.59 Å². The first-order valence-corrected chi connectivity index (χ1v) is 15.0. The molecular formula is C27H28Cl2IN6O2-. The molecule has 0 unspecified atom stereocenters. The Morgan fingerprint density at radius 2 is 1.58 bits per heavy atom. The van der Waals surface area contributed by atoms with Crippen LogP contribution in [0, 0.1) is 3.57 Å². The molecule has 1 aliphatic rings. The molecule has 0 bridgehead atoms. The zero-order valence-corrected chi connectivity index (χ0v) is 24.1. The molecule has 2 amide bonds. The van der Waals surface area contributed by atoms with E-state index in [2.05, 4.69) is 29.3 Å². The number of H-pyrrole nitrogens is 1. The van der Waals surface area contributed by atoms with E-state index >= 15 is 0 Å². The molecule has 11 heteroatoms. The summed E-state index contributed by atoms with van der Waals surface area (Å²) < 4.78 is 4.23. The van der Waals surface area contributed by atoms with Gasteiger partial charge in [0.2, 0.25) is 0 Å². The number of rotatable bonds is 8. The van der Waals surface area contributed by atoms with Crippen molar-refractivity contribution in [3.05, 3.63) is 98.3 Å². The van der Waals surface area contributed by atoms with E-state index in [1.807, 2.05) is 54.6 Å². The standard InChI is InChI=1S/C27H28Cl2IN6O2/c28-21-11-8-12-22(29)25(21)33-23-17-31-35-26(23)27(38)32-20-13-15-36(16-14-20)18-24(37)34-30-19-9-6-4-2-1-3-5-7-10-19/h1-12,17,20,33H,13-16,18H2,(H,31,35)(H,32,38)(H,34,37)/q-1. The number of hydrogen-bond acceptors (Lipinski definition) is 5. The van der Waals surface area contributed by atoms with Crippen LogP contribution in [0.15, 0.2) is 79.0 Å². The molecule has 4 rings (SSSR count). The van der Waals surface area contributed by atoms with E-state index in [1.165, 1.54) is 6.20 Å². The molecule has 1 aromatic heterocycles. The van der Waals surface area contributed by atoms with Crippen molar-refractivity contribution >= 4 is 46.4 Å². The van der Waals surface area contributed by atoms with Gasteiger partial charge < -0.3 is 0 Å². The number of aromatic nitrogens is 2. The fourth-order valence-corrected chi connectivity index (χ4v) is 5.92. The zero-order chi connectivity index (χ0) is 26.7. The van der Waals surface area contributed by atoms with Crippen molar-refractivity contribution in [1.82, 2.24) is 23.9 Å². The van der Waals surface area contributed by atoms with Crippen molar-refractivity contribution in [2.24, 2.45) is 0 Å². The van der Waals surface area contributed by atoms with E-state index < -0.39 is 21.5 Å². The Kier molecular flexibility index (Phi) is 10.6. The first kappa shape index (κ1) is 28.2. The maximum absolute atomic E-state index is 13.0. The van der Waals surface area contributed by atoms with E-state index in [0.29, 0.717) is 33.7 Å². The predicted octanol–water partition coefficient (Wildman–Crippen LogP) is 1.77. The van der Waals surface area contributed by atoms with E-state index in [-0.39, 0.29) is 17.9 Å². The van der Waals surface area contributed by atoms with Crippen molar-refractivity contribution < 1.29 is 31.1 Å². The summed E-state index contributed by atoms with van der Waals surface area (Å²) in [4.78, 5) is 27.6. The van der Waals surface area contributed by atoms with Gasteiger partial charge in [-0.25, -0.2) is 0 Å². The third-order valence-electron chi connectivity index (χ3n) is 5.82. The summed E-state index contributed by atoms with van der Waals surface area (Å²) in [5.74, 6) is -0.238. The van der Waals surface area contributed by atoms with Gasteiger partial charge in [0.15, 0.2) is 0 Å². The van der Waals surface area contributed by atoms with Gasteiger partial charge >= 0.3 is 186 Å². The van der Waals surface area contributed by atoms with E-state index in [1.54, 1.807) is 18.2 Å². The number of nitrogens with one attached hydrogen (secondary N) is 4. The Balaban J connectivity index is 1.24. The Bertz CT molecular complexity index is 1270. The fraction of sp³-hybridized carbons (Fsp3) is 0.222. The van der Waals surface area contributed by atoms with Crippen LogP contribution in [0.3, 0.4) is 0 Å². The van der Waals surface area contributed by atoms with Gasteiger partial charge in [-0.3, -0.25) is 0 Å². The fourth-order valence-electron chi connectivity index (χ4n) is 3.87.